The molecule has 0 aromatic heterocycles. The van der Waals surface area contributed by atoms with E-state index in [9.17, 15) is 9.59 Å². The standard InChI is InChI=1S/C9H15BrO4/c1-3-13-8(11)6-5-7(10)9(12)14-4-2/h7H,3-6H2,1-2H3. The molecule has 0 amide bonds. The van der Waals surface area contributed by atoms with Crippen LogP contribution in [0.15, 0.2) is 0 Å². The van der Waals surface area contributed by atoms with E-state index in [-0.39, 0.29) is 18.4 Å². The van der Waals surface area contributed by atoms with Gasteiger partial charge in [0.25, 0.3) is 0 Å². The fraction of sp³-hybridized carbons (Fsp3) is 0.778. The van der Waals surface area contributed by atoms with Gasteiger partial charge in [0.15, 0.2) is 0 Å². The molecule has 1 unspecified atom stereocenters. The lowest BCUT2D eigenvalue weighted by Crippen LogP contribution is -2.19. The fourth-order valence-electron chi connectivity index (χ4n) is 0.828. The molecule has 0 spiro atoms. The highest BCUT2D eigenvalue weighted by molar-refractivity contribution is 9.10. The molecule has 0 heterocycles. The van der Waals surface area contributed by atoms with Gasteiger partial charge in [0.1, 0.15) is 4.83 Å². The number of esters is 2. The van der Waals surface area contributed by atoms with Crippen LogP contribution in [0.2, 0.25) is 0 Å². The van der Waals surface area contributed by atoms with Crippen LogP contribution in [-0.4, -0.2) is 30.0 Å². The largest absolute Gasteiger partial charge is 0.466 e. The molecular weight excluding hydrogens is 252 g/mol. The van der Waals surface area contributed by atoms with E-state index in [0.29, 0.717) is 19.6 Å². The van der Waals surface area contributed by atoms with Crippen LogP contribution in [0.4, 0.5) is 0 Å². The number of hydrogen-bond acceptors (Lipinski definition) is 4. The summed E-state index contributed by atoms with van der Waals surface area (Å²) in [5.74, 6) is -0.627. The third kappa shape index (κ3) is 5.96. The molecule has 4 nitrogen and oxygen atoms in total. The predicted molar refractivity (Wildman–Crippen MR) is 55.2 cm³/mol. The van der Waals surface area contributed by atoms with Gasteiger partial charge in [-0.2, -0.15) is 0 Å². The lowest BCUT2D eigenvalue weighted by atomic mass is 10.2. The van der Waals surface area contributed by atoms with Crippen LogP contribution in [0, 0.1) is 0 Å². The zero-order chi connectivity index (χ0) is 11.0. The summed E-state index contributed by atoms with van der Waals surface area (Å²) in [5, 5.41) is 0. The Bertz CT molecular complexity index is 193. The van der Waals surface area contributed by atoms with E-state index in [0.717, 1.165) is 0 Å². The van der Waals surface area contributed by atoms with Gasteiger partial charge in [-0.15, -0.1) is 0 Å². The Hall–Kier alpha value is -0.580. The molecular formula is C9H15BrO4. The number of carbonyl (C=O) groups is 2. The lowest BCUT2D eigenvalue weighted by Gasteiger charge is -2.07. The number of rotatable bonds is 6. The smallest absolute Gasteiger partial charge is 0.319 e. The quantitative estimate of drug-likeness (QED) is 0.542. The monoisotopic (exact) mass is 266 g/mol. The van der Waals surface area contributed by atoms with E-state index in [1.54, 1.807) is 13.8 Å². The van der Waals surface area contributed by atoms with Gasteiger partial charge in [-0.1, -0.05) is 15.9 Å². The van der Waals surface area contributed by atoms with Crippen LogP contribution >= 0.6 is 15.9 Å². The summed E-state index contributed by atoms with van der Waals surface area (Å²) >= 11 is 3.14. The zero-order valence-corrected chi connectivity index (χ0v) is 10.0. The summed E-state index contributed by atoms with van der Waals surface area (Å²) in [4.78, 5) is 21.6. The van der Waals surface area contributed by atoms with Gasteiger partial charge in [-0.25, -0.2) is 0 Å². The Morgan fingerprint density at radius 3 is 2.29 bits per heavy atom. The minimum Gasteiger partial charge on any atom is -0.466 e. The van der Waals surface area contributed by atoms with Gasteiger partial charge in [-0.3, -0.25) is 9.59 Å². The second kappa shape index (κ2) is 7.79. The van der Waals surface area contributed by atoms with Crippen molar-refractivity contribution in [2.24, 2.45) is 0 Å². The first-order valence-corrected chi connectivity index (χ1v) is 5.49. The van der Waals surface area contributed by atoms with Gasteiger partial charge < -0.3 is 9.47 Å². The molecule has 0 rings (SSSR count). The van der Waals surface area contributed by atoms with E-state index in [2.05, 4.69) is 15.9 Å². The van der Waals surface area contributed by atoms with E-state index in [1.807, 2.05) is 0 Å². The van der Waals surface area contributed by atoms with E-state index < -0.39 is 4.83 Å². The molecule has 0 aliphatic rings. The van der Waals surface area contributed by atoms with Crippen molar-refractivity contribution in [3.8, 4) is 0 Å². The average molecular weight is 267 g/mol. The maximum Gasteiger partial charge on any atom is 0.319 e. The number of ether oxygens (including phenoxy) is 2. The summed E-state index contributed by atoms with van der Waals surface area (Å²) < 4.78 is 9.48. The maximum absolute atomic E-state index is 11.1. The van der Waals surface area contributed by atoms with Crippen LogP contribution in [-0.2, 0) is 19.1 Å². The third-order valence-corrected chi connectivity index (χ3v) is 2.28. The molecule has 0 fully saturated rings. The highest BCUT2D eigenvalue weighted by atomic mass is 79.9. The second-order valence-corrected chi connectivity index (χ2v) is 3.67. The van der Waals surface area contributed by atoms with Crippen LogP contribution in [0.5, 0.6) is 0 Å². The Labute approximate surface area is 92.1 Å². The molecule has 0 saturated heterocycles. The normalized spacial score (nSPS) is 11.9. The Morgan fingerprint density at radius 1 is 1.21 bits per heavy atom. The van der Waals surface area contributed by atoms with Gasteiger partial charge in [0, 0.05) is 6.42 Å². The molecule has 0 aliphatic heterocycles. The van der Waals surface area contributed by atoms with Crippen molar-refractivity contribution in [3.05, 3.63) is 0 Å². The van der Waals surface area contributed by atoms with Gasteiger partial charge in [0.05, 0.1) is 13.2 Å². The van der Waals surface area contributed by atoms with Crippen molar-refractivity contribution in [2.45, 2.75) is 31.5 Å². The Kier molecular flexibility index (Phi) is 7.47. The second-order valence-electron chi connectivity index (χ2n) is 2.56. The van der Waals surface area contributed by atoms with Crippen molar-refractivity contribution in [1.29, 1.82) is 0 Å². The molecule has 0 saturated carbocycles. The highest BCUT2D eigenvalue weighted by Gasteiger charge is 2.17. The molecule has 0 bridgehead atoms. The number of alkyl halides is 1. The molecule has 0 radical (unpaired) electrons. The van der Waals surface area contributed by atoms with Crippen molar-refractivity contribution < 1.29 is 19.1 Å². The van der Waals surface area contributed by atoms with Crippen molar-refractivity contribution >= 4 is 27.9 Å². The Morgan fingerprint density at radius 2 is 1.79 bits per heavy atom. The SMILES string of the molecule is CCOC(=O)CCC(Br)C(=O)OCC. The zero-order valence-electron chi connectivity index (χ0n) is 8.42. The molecule has 1 atom stereocenters. The average Bonchev–Trinajstić information content (AvgIpc) is 2.15. The molecule has 14 heavy (non-hydrogen) atoms. The van der Waals surface area contributed by atoms with Gasteiger partial charge in [-0.05, 0) is 20.3 Å². The molecule has 0 aromatic carbocycles. The highest BCUT2D eigenvalue weighted by Crippen LogP contribution is 2.10. The maximum atomic E-state index is 11.1. The van der Waals surface area contributed by atoms with Crippen molar-refractivity contribution in [2.75, 3.05) is 13.2 Å². The van der Waals surface area contributed by atoms with Crippen molar-refractivity contribution in [1.82, 2.24) is 0 Å². The molecule has 0 aliphatic carbocycles. The first kappa shape index (κ1) is 13.4. The van der Waals surface area contributed by atoms with Gasteiger partial charge >= 0.3 is 11.9 Å². The van der Waals surface area contributed by atoms with E-state index >= 15 is 0 Å². The summed E-state index contributed by atoms with van der Waals surface area (Å²) in [7, 11) is 0. The summed E-state index contributed by atoms with van der Waals surface area (Å²) in [6.07, 6.45) is 0.625. The number of hydrogen-bond donors (Lipinski definition) is 0. The minimum atomic E-state index is -0.424. The fourth-order valence-corrected chi connectivity index (χ4v) is 1.19. The number of carbonyl (C=O) groups excluding carboxylic acids is 2. The molecule has 0 aromatic rings. The summed E-state index contributed by atoms with van der Waals surface area (Å²) in [5.41, 5.74) is 0. The predicted octanol–water partition coefficient (Wildman–Crippen LogP) is 1.66. The van der Waals surface area contributed by atoms with Crippen LogP contribution < -0.4 is 0 Å². The number of halogens is 1. The van der Waals surface area contributed by atoms with Crippen LogP contribution in [0.3, 0.4) is 0 Å². The molecule has 82 valence electrons. The van der Waals surface area contributed by atoms with Crippen LogP contribution in [0.25, 0.3) is 0 Å². The van der Waals surface area contributed by atoms with Gasteiger partial charge in [0.2, 0.25) is 0 Å². The summed E-state index contributed by atoms with van der Waals surface area (Å²) in [6, 6.07) is 0. The first-order chi connectivity index (χ1) is 6.61. The van der Waals surface area contributed by atoms with E-state index in [1.165, 1.54) is 0 Å². The van der Waals surface area contributed by atoms with Crippen LogP contribution in [0.1, 0.15) is 26.7 Å². The van der Waals surface area contributed by atoms with Crippen molar-refractivity contribution in [3.63, 3.8) is 0 Å². The minimum absolute atomic E-state index is 0.225. The molecule has 5 heteroatoms. The first-order valence-electron chi connectivity index (χ1n) is 4.58. The molecule has 0 N–H and O–H groups in total. The topological polar surface area (TPSA) is 52.6 Å². The lowest BCUT2D eigenvalue weighted by molar-refractivity contribution is -0.144. The Balaban J connectivity index is 3.67. The summed E-state index contributed by atoms with van der Waals surface area (Å²) in [6.45, 7) is 4.20. The third-order valence-electron chi connectivity index (χ3n) is 1.45. The van der Waals surface area contributed by atoms with E-state index in [4.69, 9.17) is 9.47 Å².